The summed E-state index contributed by atoms with van der Waals surface area (Å²) in [5.74, 6) is 5.78. The standard InChI is InChI=1S/C17H21FN2O/c1-12-4-2-6-15(12)17(21)20-11-14-10-13(5-3-9-19)7-8-16(14)18/h7-8,10,12,15H,2,4,6,9,11,19H2,1H3,(H,20,21). The van der Waals surface area contributed by atoms with Crippen LogP contribution in [0.5, 0.6) is 0 Å². The number of hydrogen-bond donors (Lipinski definition) is 2. The summed E-state index contributed by atoms with van der Waals surface area (Å²) in [7, 11) is 0. The van der Waals surface area contributed by atoms with E-state index >= 15 is 0 Å². The van der Waals surface area contributed by atoms with Crippen LogP contribution >= 0.6 is 0 Å². The van der Waals surface area contributed by atoms with Gasteiger partial charge in [-0.3, -0.25) is 4.79 Å². The van der Waals surface area contributed by atoms with Crippen molar-refractivity contribution >= 4 is 5.91 Å². The fraction of sp³-hybridized carbons (Fsp3) is 0.471. The van der Waals surface area contributed by atoms with Gasteiger partial charge in [-0.25, -0.2) is 4.39 Å². The fourth-order valence-corrected chi connectivity index (χ4v) is 2.79. The maximum Gasteiger partial charge on any atom is 0.223 e. The normalized spacial score (nSPS) is 20.7. The van der Waals surface area contributed by atoms with Crippen molar-refractivity contribution in [2.24, 2.45) is 17.6 Å². The Balaban J connectivity index is 2.00. The van der Waals surface area contributed by atoms with Gasteiger partial charge in [-0.05, 0) is 37.0 Å². The van der Waals surface area contributed by atoms with Gasteiger partial charge in [0.15, 0.2) is 0 Å². The van der Waals surface area contributed by atoms with Gasteiger partial charge < -0.3 is 11.1 Å². The minimum atomic E-state index is -0.326. The first-order chi connectivity index (χ1) is 10.1. The molecule has 112 valence electrons. The summed E-state index contributed by atoms with van der Waals surface area (Å²) in [5.41, 5.74) is 6.49. The predicted molar refractivity (Wildman–Crippen MR) is 80.7 cm³/mol. The van der Waals surface area contributed by atoms with Crippen molar-refractivity contribution in [1.29, 1.82) is 0 Å². The summed E-state index contributed by atoms with van der Waals surface area (Å²) < 4.78 is 13.8. The number of carbonyl (C=O) groups is 1. The molecule has 3 nitrogen and oxygen atoms in total. The number of benzene rings is 1. The second kappa shape index (κ2) is 7.24. The predicted octanol–water partition coefficient (Wildman–Crippen LogP) is 2.19. The molecule has 0 radical (unpaired) electrons. The van der Waals surface area contributed by atoms with E-state index in [1.807, 2.05) is 0 Å². The third-order valence-corrected chi connectivity index (χ3v) is 4.03. The van der Waals surface area contributed by atoms with Gasteiger partial charge in [0.1, 0.15) is 5.82 Å². The Morgan fingerprint density at radius 3 is 2.95 bits per heavy atom. The lowest BCUT2D eigenvalue weighted by atomic mass is 9.97. The highest BCUT2D eigenvalue weighted by atomic mass is 19.1. The van der Waals surface area contributed by atoms with Crippen LogP contribution in [0, 0.1) is 29.5 Å². The zero-order chi connectivity index (χ0) is 15.2. The van der Waals surface area contributed by atoms with Gasteiger partial charge in [0.05, 0.1) is 6.54 Å². The number of amides is 1. The minimum absolute atomic E-state index is 0.0258. The lowest BCUT2D eigenvalue weighted by molar-refractivity contribution is -0.126. The molecule has 4 heteroatoms. The second-order valence-corrected chi connectivity index (χ2v) is 5.54. The second-order valence-electron chi connectivity index (χ2n) is 5.54. The third-order valence-electron chi connectivity index (χ3n) is 4.03. The van der Waals surface area contributed by atoms with Gasteiger partial charge in [0.2, 0.25) is 5.91 Å². The van der Waals surface area contributed by atoms with Crippen molar-refractivity contribution < 1.29 is 9.18 Å². The molecule has 0 heterocycles. The molecule has 1 aromatic rings. The Kier molecular flexibility index (Phi) is 5.35. The zero-order valence-corrected chi connectivity index (χ0v) is 12.3. The van der Waals surface area contributed by atoms with Crippen LogP contribution in [-0.4, -0.2) is 12.5 Å². The summed E-state index contributed by atoms with van der Waals surface area (Å²) >= 11 is 0. The molecule has 21 heavy (non-hydrogen) atoms. The summed E-state index contributed by atoms with van der Waals surface area (Å²) in [6, 6.07) is 4.65. The highest BCUT2D eigenvalue weighted by molar-refractivity contribution is 5.79. The Labute approximate surface area is 125 Å². The smallest absolute Gasteiger partial charge is 0.223 e. The van der Waals surface area contributed by atoms with Crippen molar-refractivity contribution in [3.63, 3.8) is 0 Å². The molecule has 1 aliphatic carbocycles. The lowest BCUT2D eigenvalue weighted by Gasteiger charge is -2.15. The topological polar surface area (TPSA) is 55.1 Å². The first kappa shape index (κ1) is 15.5. The molecule has 1 aliphatic rings. The summed E-state index contributed by atoms with van der Waals surface area (Å²) in [5, 5.41) is 2.84. The third kappa shape index (κ3) is 4.05. The summed E-state index contributed by atoms with van der Waals surface area (Å²) in [4.78, 5) is 12.1. The quantitative estimate of drug-likeness (QED) is 0.838. The number of halogens is 1. The Morgan fingerprint density at radius 2 is 2.29 bits per heavy atom. The molecule has 1 aromatic carbocycles. The van der Waals surface area contributed by atoms with Crippen LogP contribution in [0.25, 0.3) is 0 Å². The average molecular weight is 288 g/mol. The molecule has 1 amide bonds. The molecule has 1 fully saturated rings. The first-order valence-electron chi connectivity index (χ1n) is 7.37. The van der Waals surface area contributed by atoms with Gasteiger partial charge >= 0.3 is 0 Å². The highest BCUT2D eigenvalue weighted by Crippen LogP contribution is 2.31. The number of nitrogens with one attached hydrogen (secondary N) is 1. The van der Waals surface area contributed by atoms with E-state index in [-0.39, 0.29) is 30.7 Å². The van der Waals surface area contributed by atoms with E-state index < -0.39 is 0 Å². The maximum absolute atomic E-state index is 13.8. The maximum atomic E-state index is 13.8. The van der Waals surface area contributed by atoms with Crippen LogP contribution in [0.3, 0.4) is 0 Å². The van der Waals surface area contributed by atoms with Crippen LogP contribution in [0.1, 0.15) is 37.3 Å². The molecule has 1 saturated carbocycles. The molecular weight excluding hydrogens is 267 g/mol. The number of carbonyl (C=O) groups excluding carboxylic acids is 1. The lowest BCUT2D eigenvalue weighted by Crippen LogP contribution is -2.31. The molecule has 0 saturated heterocycles. The fourth-order valence-electron chi connectivity index (χ4n) is 2.79. The molecule has 0 bridgehead atoms. The van der Waals surface area contributed by atoms with E-state index in [2.05, 4.69) is 24.1 Å². The Hall–Kier alpha value is -1.86. The van der Waals surface area contributed by atoms with Crippen LogP contribution in [-0.2, 0) is 11.3 Å². The van der Waals surface area contributed by atoms with E-state index in [0.29, 0.717) is 17.0 Å². The minimum Gasteiger partial charge on any atom is -0.352 e. The molecular formula is C17H21FN2O. The molecule has 0 spiro atoms. The molecule has 0 aliphatic heterocycles. The first-order valence-corrected chi connectivity index (χ1v) is 7.37. The van der Waals surface area contributed by atoms with E-state index in [4.69, 9.17) is 5.73 Å². The molecule has 0 aromatic heterocycles. The van der Waals surface area contributed by atoms with Gasteiger partial charge in [0, 0.05) is 23.6 Å². The highest BCUT2D eigenvalue weighted by Gasteiger charge is 2.29. The monoisotopic (exact) mass is 288 g/mol. The van der Waals surface area contributed by atoms with Crippen molar-refractivity contribution in [2.75, 3.05) is 6.54 Å². The van der Waals surface area contributed by atoms with E-state index in [0.717, 1.165) is 19.3 Å². The van der Waals surface area contributed by atoms with Crippen molar-refractivity contribution in [3.05, 3.63) is 35.1 Å². The van der Waals surface area contributed by atoms with Crippen molar-refractivity contribution in [3.8, 4) is 11.8 Å². The Bertz CT molecular complexity index is 574. The van der Waals surface area contributed by atoms with Gasteiger partial charge in [-0.15, -0.1) is 0 Å². The molecule has 3 N–H and O–H groups in total. The van der Waals surface area contributed by atoms with E-state index in [1.165, 1.54) is 6.07 Å². The summed E-state index contributed by atoms with van der Waals surface area (Å²) in [6.45, 7) is 2.57. The van der Waals surface area contributed by atoms with Crippen LogP contribution in [0.15, 0.2) is 18.2 Å². The van der Waals surface area contributed by atoms with E-state index in [9.17, 15) is 9.18 Å². The molecule has 2 unspecified atom stereocenters. The number of nitrogens with two attached hydrogens (primary N) is 1. The SMILES string of the molecule is CC1CCCC1C(=O)NCc1cc(C#CCN)ccc1F. The molecule has 2 rings (SSSR count). The average Bonchev–Trinajstić information content (AvgIpc) is 2.91. The van der Waals surface area contributed by atoms with Crippen LogP contribution < -0.4 is 11.1 Å². The van der Waals surface area contributed by atoms with Gasteiger partial charge in [-0.1, -0.05) is 25.2 Å². The largest absolute Gasteiger partial charge is 0.352 e. The number of rotatable bonds is 3. The van der Waals surface area contributed by atoms with Crippen molar-refractivity contribution in [1.82, 2.24) is 5.32 Å². The summed E-state index contributed by atoms with van der Waals surface area (Å²) in [6.07, 6.45) is 3.12. The van der Waals surface area contributed by atoms with Crippen molar-refractivity contribution in [2.45, 2.75) is 32.7 Å². The zero-order valence-electron chi connectivity index (χ0n) is 12.3. The van der Waals surface area contributed by atoms with E-state index in [1.54, 1.807) is 12.1 Å². The van der Waals surface area contributed by atoms with Crippen LogP contribution in [0.2, 0.25) is 0 Å². The number of hydrogen-bond acceptors (Lipinski definition) is 2. The van der Waals surface area contributed by atoms with Gasteiger partial charge in [0.25, 0.3) is 0 Å². The Morgan fingerprint density at radius 1 is 1.48 bits per heavy atom. The van der Waals surface area contributed by atoms with Crippen LogP contribution in [0.4, 0.5) is 4.39 Å². The van der Waals surface area contributed by atoms with Gasteiger partial charge in [-0.2, -0.15) is 0 Å². The molecule has 2 atom stereocenters.